The molecular weight excluding hydrogens is 400 g/mol. The summed E-state index contributed by atoms with van der Waals surface area (Å²) in [6.45, 7) is 1.76. The van der Waals surface area contributed by atoms with E-state index < -0.39 is 23.7 Å². The van der Waals surface area contributed by atoms with Gasteiger partial charge in [-0.2, -0.15) is 0 Å². The summed E-state index contributed by atoms with van der Waals surface area (Å²) in [5, 5.41) is 28.8. The number of carboxylic acid groups (broad SMARTS) is 2. The predicted molar refractivity (Wildman–Crippen MR) is 108 cm³/mol. The van der Waals surface area contributed by atoms with Crippen LogP contribution in [0.25, 0.3) is 0 Å². The zero-order valence-corrected chi connectivity index (χ0v) is 17.3. The number of unbranched alkanes of at least 4 members (excludes halogenated alkanes) is 4. The van der Waals surface area contributed by atoms with Crippen LogP contribution in [0.15, 0.2) is 34.3 Å². The summed E-state index contributed by atoms with van der Waals surface area (Å²) in [5.41, 5.74) is 0.670. The summed E-state index contributed by atoms with van der Waals surface area (Å²) in [4.78, 5) is 23.8. The van der Waals surface area contributed by atoms with E-state index in [0.29, 0.717) is 5.56 Å². The van der Waals surface area contributed by atoms with Crippen LogP contribution in [0.3, 0.4) is 0 Å². The van der Waals surface area contributed by atoms with E-state index in [1.807, 2.05) is 12.1 Å². The average molecular weight is 425 g/mol. The van der Waals surface area contributed by atoms with Crippen LogP contribution in [0.2, 0.25) is 0 Å². The number of hydrogen-bond acceptors (Lipinski definition) is 7. The van der Waals surface area contributed by atoms with Gasteiger partial charge in [0, 0.05) is 4.90 Å². The number of tetrazole rings is 1. The Balaban J connectivity index is 2.10. The van der Waals surface area contributed by atoms with Crippen LogP contribution in [-0.4, -0.2) is 48.1 Å². The van der Waals surface area contributed by atoms with Gasteiger partial charge in [-0.15, -0.1) is 16.9 Å². The Hall–Kier alpha value is -2.07. The molecule has 0 aliphatic rings. The van der Waals surface area contributed by atoms with Crippen LogP contribution in [-0.2, 0) is 16.1 Å². The molecule has 0 spiro atoms. The van der Waals surface area contributed by atoms with Gasteiger partial charge in [0.1, 0.15) is 11.8 Å². The molecule has 0 saturated carbocycles. The number of aromatic nitrogens is 4. The minimum absolute atomic E-state index is 0.161. The lowest BCUT2D eigenvalue weighted by atomic mass is 10.1. The summed E-state index contributed by atoms with van der Waals surface area (Å²) >= 11 is 2.59. The van der Waals surface area contributed by atoms with Gasteiger partial charge in [0.2, 0.25) is 5.16 Å². The first kappa shape index (κ1) is 22.2. The third-order valence-electron chi connectivity index (χ3n) is 3.94. The number of carbonyl (C=O) groups is 2. The molecule has 1 aromatic carbocycles. The second kappa shape index (κ2) is 11.7. The van der Waals surface area contributed by atoms with Crippen molar-refractivity contribution in [2.24, 2.45) is 0 Å². The first-order chi connectivity index (χ1) is 13.5. The molecule has 0 bridgehead atoms. The molecule has 8 nitrogen and oxygen atoms in total. The molecule has 1 heterocycles. The normalized spacial score (nSPS) is 12.0. The van der Waals surface area contributed by atoms with E-state index in [1.54, 1.807) is 23.9 Å². The summed E-state index contributed by atoms with van der Waals surface area (Å²) in [6.07, 6.45) is 5.92. The predicted octanol–water partition coefficient (Wildman–Crippen LogP) is 3.74. The maximum Gasteiger partial charge on any atom is 0.325 e. The van der Waals surface area contributed by atoms with Gasteiger partial charge >= 0.3 is 11.9 Å². The van der Waals surface area contributed by atoms with Crippen molar-refractivity contribution in [2.75, 3.05) is 5.75 Å². The fourth-order valence-electron chi connectivity index (χ4n) is 2.58. The van der Waals surface area contributed by atoms with Gasteiger partial charge in [-0.3, -0.25) is 9.59 Å². The number of hydrogen-bond donors (Lipinski definition) is 2. The van der Waals surface area contributed by atoms with E-state index in [1.165, 1.54) is 25.7 Å². The average Bonchev–Trinajstić information content (AvgIpc) is 3.09. The third kappa shape index (κ3) is 6.83. The Morgan fingerprint density at radius 3 is 2.61 bits per heavy atom. The largest absolute Gasteiger partial charge is 0.480 e. The summed E-state index contributed by atoms with van der Waals surface area (Å²) in [7, 11) is 0. The van der Waals surface area contributed by atoms with Gasteiger partial charge in [0.15, 0.2) is 0 Å². The molecule has 10 heteroatoms. The van der Waals surface area contributed by atoms with Crippen LogP contribution in [0, 0.1) is 0 Å². The molecule has 0 saturated heterocycles. The van der Waals surface area contributed by atoms with Crippen LogP contribution in [0.1, 0.15) is 49.8 Å². The van der Waals surface area contributed by atoms with Crippen molar-refractivity contribution in [3.05, 3.63) is 29.8 Å². The van der Waals surface area contributed by atoms with E-state index in [-0.39, 0.29) is 5.16 Å². The van der Waals surface area contributed by atoms with E-state index in [4.69, 9.17) is 5.11 Å². The van der Waals surface area contributed by atoms with Crippen LogP contribution in [0.5, 0.6) is 0 Å². The van der Waals surface area contributed by atoms with Crippen molar-refractivity contribution >= 4 is 35.5 Å². The number of rotatable bonds is 13. The van der Waals surface area contributed by atoms with Gasteiger partial charge in [-0.25, -0.2) is 4.68 Å². The Morgan fingerprint density at radius 1 is 1.14 bits per heavy atom. The van der Waals surface area contributed by atoms with Crippen LogP contribution < -0.4 is 0 Å². The van der Waals surface area contributed by atoms with E-state index in [9.17, 15) is 14.7 Å². The monoisotopic (exact) mass is 424 g/mol. The molecule has 0 amide bonds. The Kier molecular flexibility index (Phi) is 9.29. The third-order valence-corrected chi connectivity index (χ3v) is 6.31. The zero-order valence-electron chi connectivity index (χ0n) is 15.7. The second-order valence-corrected chi connectivity index (χ2v) is 8.36. The maximum atomic E-state index is 11.9. The van der Waals surface area contributed by atoms with Gasteiger partial charge < -0.3 is 10.2 Å². The molecule has 1 atom stereocenters. The van der Waals surface area contributed by atoms with Gasteiger partial charge in [-0.05, 0) is 34.2 Å². The van der Waals surface area contributed by atoms with Crippen molar-refractivity contribution in [1.82, 2.24) is 20.2 Å². The lowest BCUT2D eigenvalue weighted by Crippen LogP contribution is -2.14. The number of aliphatic carboxylic acids is 2. The first-order valence-electron chi connectivity index (χ1n) is 9.12. The Morgan fingerprint density at radius 2 is 1.89 bits per heavy atom. The zero-order chi connectivity index (χ0) is 20.4. The van der Waals surface area contributed by atoms with Gasteiger partial charge in [-0.1, -0.05) is 62.6 Å². The molecule has 0 radical (unpaired) electrons. The quantitative estimate of drug-likeness (QED) is 0.366. The summed E-state index contributed by atoms with van der Waals surface area (Å²) < 4.78 is 1.09. The highest BCUT2D eigenvalue weighted by molar-refractivity contribution is 8.00. The highest BCUT2D eigenvalue weighted by atomic mass is 32.2. The molecular formula is C18H24N4O4S2. The number of carboxylic acids is 2. The lowest BCUT2D eigenvalue weighted by Gasteiger charge is -2.15. The smallest absolute Gasteiger partial charge is 0.325 e. The number of benzene rings is 1. The highest BCUT2D eigenvalue weighted by Gasteiger charge is 2.27. The minimum atomic E-state index is -1.10. The van der Waals surface area contributed by atoms with Crippen LogP contribution in [0.4, 0.5) is 0 Å². The van der Waals surface area contributed by atoms with Crippen LogP contribution >= 0.6 is 23.5 Å². The fraction of sp³-hybridized carbons (Fsp3) is 0.500. The number of thioether (sulfide) groups is 2. The molecule has 0 fully saturated rings. The molecule has 1 aromatic heterocycles. The van der Waals surface area contributed by atoms with Crippen molar-refractivity contribution in [2.45, 2.75) is 60.9 Å². The van der Waals surface area contributed by atoms with Crippen molar-refractivity contribution in [3.8, 4) is 0 Å². The Labute approximate surface area is 172 Å². The molecule has 0 aliphatic heterocycles. The minimum Gasteiger partial charge on any atom is -0.480 e. The van der Waals surface area contributed by atoms with E-state index >= 15 is 0 Å². The fourth-order valence-corrected chi connectivity index (χ4v) is 4.70. The van der Waals surface area contributed by atoms with Crippen molar-refractivity contribution < 1.29 is 19.8 Å². The molecule has 2 rings (SSSR count). The molecule has 28 heavy (non-hydrogen) atoms. The molecule has 0 aliphatic carbocycles. The van der Waals surface area contributed by atoms with Gasteiger partial charge in [0.05, 0.1) is 0 Å². The van der Waals surface area contributed by atoms with Crippen molar-refractivity contribution in [1.29, 1.82) is 0 Å². The number of nitrogens with zero attached hydrogens (tertiary/aromatic N) is 4. The van der Waals surface area contributed by atoms with Crippen molar-refractivity contribution in [3.63, 3.8) is 0 Å². The molecule has 1 unspecified atom stereocenters. The Bertz CT molecular complexity index is 784. The van der Waals surface area contributed by atoms with Gasteiger partial charge in [0.25, 0.3) is 0 Å². The van der Waals surface area contributed by atoms with E-state index in [0.717, 1.165) is 33.5 Å². The molecule has 2 aromatic rings. The molecule has 2 N–H and O–H groups in total. The first-order valence-corrected chi connectivity index (χ1v) is 11.0. The highest BCUT2D eigenvalue weighted by Crippen LogP contribution is 2.39. The summed E-state index contributed by atoms with van der Waals surface area (Å²) in [5.74, 6) is -1.19. The molecule has 152 valence electrons. The topological polar surface area (TPSA) is 118 Å². The summed E-state index contributed by atoms with van der Waals surface area (Å²) in [6, 6.07) is 7.40. The standard InChI is InChI=1S/C18H24N4O4S2/c1-2-3-4-5-8-11-27-14-10-7-6-9-13(14)16(17(25)26)28-18-19-20-21-22(18)12-15(23)24/h6-7,9-10,16H,2-5,8,11-12H2,1H3,(H,23,24)(H,25,26). The lowest BCUT2D eigenvalue weighted by molar-refractivity contribution is -0.138. The van der Waals surface area contributed by atoms with E-state index in [2.05, 4.69) is 22.4 Å². The maximum absolute atomic E-state index is 11.9. The second-order valence-electron chi connectivity index (χ2n) is 6.15. The SMILES string of the molecule is CCCCCCCSc1ccccc1C(Sc1nnnn1CC(=O)O)C(=O)O.